The molecule has 0 aromatic carbocycles. The lowest BCUT2D eigenvalue weighted by Crippen LogP contribution is -2.58. The average molecular weight is 970 g/mol. The first-order chi connectivity index (χ1) is 31.9. The molecule has 0 rings (SSSR count). The van der Waals surface area contributed by atoms with Gasteiger partial charge < -0.3 is 86.8 Å². The van der Waals surface area contributed by atoms with Gasteiger partial charge in [0.2, 0.25) is 47.3 Å². The minimum absolute atomic E-state index is 0.00289. The number of amides is 8. The second-order valence-corrected chi connectivity index (χ2v) is 15.3. The average Bonchev–Trinajstić information content (AvgIpc) is 3.26. The molecule has 8 amide bonds. The molecule has 0 aliphatic carbocycles. The Bertz CT molecular complexity index is 1820. The molecule has 0 unspecified atom stereocenters. The number of methoxy groups -OCH3 is 2. The summed E-state index contributed by atoms with van der Waals surface area (Å²) in [6.45, 7) is 4.25. The van der Waals surface area contributed by atoms with E-state index in [4.69, 9.17) is 40.1 Å². The number of aliphatic imine (C=N–C) groups is 3. The predicted molar refractivity (Wildman–Crippen MR) is 247 cm³/mol. The molecule has 0 aliphatic heterocycles. The Kier molecular flexibility index (Phi) is 29.4. The van der Waals surface area contributed by atoms with Crippen molar-refractivity contribution in [1.82, 2.24) is 37.2 Å². The predicted octanol–water partition coefficient (Wildman–Crippen LogP) is -6.62. The van der Waals surface area contributed by atoms with Gasteiger partial charge in [-0.2, -0.15) is 0 Å². The Balaban J connectivity index is 5.96. The maximum Gasteiger partial charge on any atom is 0.328 e. The van der Waals surface area contributed by atoms with Gasteiger partial charge in [0.05, 0.1) is 14.2 Å². The molecule has 0 saturated heterocycles. The maximum atomic E-state index is 13.6. The number of carbonyl (C=O) groups is 10. The second-order valence-electron chi connectivity index (χ2n) is 15.3. The number of nitrogens with one attached hydrogen (secondary N) is 7. The quantitative estimate of drug-likeness (QED) is 0.0126. The summed E-state index contributed by atoms with van der Waals surface area (Å²) < 4.78 is 9.24. The van der Waals surface area contributed by atoms with Crippen LogP contribution in [-0.2, 0) is 57.4 Å². The van der Waals surface area contributed by atoms with Gasteiger partial charge in [-0.3, -0.25) is 58.1 Å². The molecule has 21 N–H and O–H groups in total. The zero-order valence-electron chi connectivity index (χ0n) is 39.2. The highest BCUT2D eigenvalue weighted by atomic mass is 16.5. The summed E-state index contributed by atoms with van der Waals surface area (Å²) in [5.41, 5.74) is 37.6. The van der Waals surface area contributed by atoms with E-state index in [-0.39, 0.29) is 108 Å². The van der Waals surface area contributed by atoms with Crippen molar-refractivity contribution >= 4 is 77.1 Å². The van der Waals surface area contributed by atoms with E-state index in [1.807, 2.05) is 0 Å². The highest BCUT2D eigenvalue weighted by molar-refractivity contribution is 5.97. The summed E-state index contributed by atoms with van der Waals surface area (Å²) in [4.78, 5) is 139. The normalized spacial score (nSPS) is 13.6. The van der Waals surface area contributed by atoms with Crippen LogP contribution >= 0.6 is 0 Å². The number of primary amides is 1. The minimum atomic E-state index is -1.32. The smallest absolute Gasteiger partial charge is 0.328 e. The lowest BCUT2D eigenvalue weighted by molar-refractivity contribution is -0.146. The number of guanidine groups is 3. The third-order valence-corrected chi connectivity index (χ3v) is 9.54. The summed E-state index contributed by atoms with van der Waals surface area (Å²) in [6.07, 6.45) is -0.125. The van der Waals surface area contributed by atoms with Gasteiger partial charge in [0, 0.05) is 38.9 Å². The number of hydrogen-bond acceptors (Lipinski definition) is 15. The van der Waals surface area contributed by atoms with Crippen molar-refractivity contribution in [3.05, 3.63) is 0 Å². The van der Waals surface area contributed by atoms with Crippen molar-refractivity contribution < 1.29 is 57.4 Å². The molecule has 0 aromatic heterocycles. The molecule has 29 nitrogen and oxygen atoms in total. The van der Waals surface area contributed by atoms with E-state index >= 15 is 0 Å². The highest BCUT2D eigenvalue weighted by Gasteiger charge is 2.31. The number of carbonyl (C=O) groups excluding carboxylic acids is 10. The SMILES string of the molecule is COC(=O)CC[C@H](NC(=O)CCCC(=O)N[C@@H](CCCN=C(N)N)C(=O)N[C@@H](C)C(=O)N[C@@H](CCCN=C(N)N)C(=O)N[C@@H](C)C(=O)N[C@@H](CCCN=C(N)N)C(=O)N[C@@H](C)C(N)=O)C(=O)OC. The third-order valence-electron chi connectivity index (χ3n) is 9.54. The van der Waals surface area contributed by atoms with Crippen molar-refractivity contribution in [2.75, 3.05) is 33.9 Å². The first-order valence-corrected chi connectivity index (χ1v) is 21.6. The molecule has 0 heterocycles. The van der Waals surface area contributed by atoms with Crippen molar-refractivity contribution in [2.24, 2.45) is 55.1 Å². The van der Waals surface area contributed by atoms with Crippen LogP contribution in [0.1, 0.15) is 91.4 Å². The molecule has 0 bridgehead atoms. The molecular weight excluding hydrogens is 899 g/mol. The first-order valence-electron chi connectivity index (χ1n) is 21.6. The maximum absolute atomic E-state index is 13.6. The summed E-state index contributed by atoms with van der Waals surface area (Å²) >= 11 is 0. The number of hydrogen-bond donors (Lipinski definition) is 14. The van der Waals surface area contributed by atoms with Crippen LogP contribution in [0.15, 0.2) is 15.0 Å². The summed E-state index contributed by atoms with van der Waals surface area (Å²) in [6, 6.07) is -8.55. The molecule has 7 atom stereocenters. The number of rotatable bonds is 33. The summed E-state index contributed by atoms with van der Waals surface area (Å²) in [5.74, 6) is -8.09. The van der Waals surface area contributed by atoms with Crippen LogP contribution in [-0.4, -0.2) is 153 Å². The largest absolute Gasteiger partial charge is 0.469 e. The lowest BCUT2D eigenvalue weighted by atomic mass is 10.1. The Morgan fingerprint density at radius 1 is 0.412 bits per heavy atom. The Morgan fingerprint density at radius 3 is 1.10 bits per heavy atom. The van der Waals surface area contributed by atoms with Crippen LogP contribution in [0.5, 0.6) is 0 Å². The van der Waals surface area contributed by atoms with Gasteiger partial charge in [0.1, 0.15) is 42.3 Å². The third kappa shape index (κ3) is 27.1. The highest BCUT2D eigenvalue weighted by Crippen LogP contribution is 2.07. The molecule has 0 spiro atoms. The fraction of sp³-hybridized carbons (Fsp3) is 0.667. The number of nitrogens with two attached hydrogens (primary N) is 7. The Morgan fingerprint density at radius 2 is 0.765 bits per heavy atom. The Labute approximate surface area is 393 Å². The molecule has 384 valence electrons. The van der Waals surface area contributed by atoms with Gasteiger partial charge in [-0.1, -0.05) is 0 Å². The molecule has 68 heavy (non-hydrogen) atoms. The van der Waals surface area contributed by atoms with E-state index in [2.05, 4.69) is 61.7 Å². The molecule has 0 saturated carbocycles. The first kappa shape index (κ1) is 60.5. The van der Waals surface area contributed by atoms with Crippen LogP contribution in [0.2, 0.25) is 0 Å². The standard InChI is InChI=1S/C39H71N17O12/c1-20(30(40)60)50-34(64)24(11-8-18-48-38(43)44)55-32(62)22(3)52-35(65)25(12-9-19-49-39(45)46)56-31(61)21(2)51-33(63)23(10-7-17-47-37(41)42)53-27(57)13-6-14-28(58)54-26(36(66)68-5)15-16-29(59)67-4/h20-26H,6-19H2,1-5H3,(H2,40,60)(H,50,64)(H,51,63)(H,52,65)(H,53,57)(H,54,58)(H,55,62)(H,56,61)(H4,41,42,47)(H4,43,44,48)(H4,45,46,49)/t20-,21-,22-,23-,24-,25-,26-/m0/s1. The molecule has 29 heteroatoms. The zero-order valence-corrected chi connectivity index (χ0v) is 39.2. The van der Waals surface area contributed by atoms with Gasteiger partial charge in [0.15, 0.2) is 17.9 Å². The van der Waals surface area contributed by atoms with Gasteiger partial charge in [-0.25, -0.2) is 4.79 Å². The fourth-order valence-electron chi connectivity index (χ4n) is 5.75. The van der Waals surface area contributed by atoms with E-state index in [0.29, 0.717) is 0 Å². The molecular formula is C39H71N17O12. The van der Waals surface area contributed by atoms with Crippen molar-refractivity contribution in [1.29, 1.82) is 0 Å². The van der Waals surface area contributed by atoms with Crippen molar-refractivity contribution in [2.45, 2.75) is 134 Å². The number of ether oxygens (including phenoxy) is 2. The topological polar surface area (TPSA) is 493 Å². The van der Waals surface area contributed by atoms with Crippen LogP contribution in [0.3, 0.4) is 0 Å². The minimum Gasteiger partial charge on any atom is -0.469 e. The number of esters is 2. The van der Waals surface area contributed by atoms with Crippen LogP contribution in [0.25, 0.3) is 0 Å². The zero-order chi connectivity index (χ0) is 51.9. The molecule has 0 aromatic rings. The monoisotopic (exact) mass is 970 g/mol. The van der Waals surface area contributed by atoms with Crippen molar-refractivity contribution in [3.63, 3.8) is 0 Å². The fourth-order valence-corrected chi connectivity index (χ4v) is 5.75. The van der Waals surface area contributed by atoms with E-state index in [1.54, 1.807) is 0 Å². The van der Waals surface area contributed by atoms with Gasteiger partial charge in [-0.05, 0) is 72.1 Å². The van der Waals surface area contributed by atoms with E-state index in [9.17, 15) is 47.9 Å². The van der Waals surface area contributed by atoms with Crippen LogP contribution in [0.4, 0.5) is 0 Å². The molecule has 0 aliphatic rings. The van der Waals surface area contributed by atoms with Crippen molar-refractivity contribution in [3.8, 4) is 0 Å². The van der Waals surface area contributed by atoms with E-state index in [1.165, 1.54) is 27.9 Å². The van der Waals surface area contributed by atoms with Crippen LogP contribution < -0.4 is 77.4 Å². The summed E-state index contributed by atoms with van der Waals surface area (Å²) in [7, 11) is 2.29. The molecule has 0 radical (unpaired) electrons. The van der Waals surface area contributed by atoms with Gasteiger partial charge in [-0.15, -0.1) is 0 Å². The van der Waals surface area contributed by atoms with Gasteiger partial charge >= 0.3 is 11.9 Å². The number of nitrogens with zero attached hydrogens (tertiary/aromatic N) is 3. The lowest BCUT2D eigenvalue weighted by Gasteiger charge is -2.25. The Hall–Kier alpha value is -7.49. The van der Waals surface area contributed by atoms with Crippen LogP contribution in [0, 0.1) is 0 Å². The van der Waals surface area contributed by atoms with E-state index in [0.717, 1.165) is 7.11 Å². The van der Waals surface area contributed by atoms with Gasteiger partial charge in [0.25, 0.3) is 0 Å². The second kappa shape index (κ2) is 33.1. The summed E-state index contributed by atoms with van der Waals surface area (Å²) in [5, 5.41) is 17.5. The molecule has 0 fully saturated rings. The van der Waals surface area contributed by atoms with E-state index < -0.39 is 101 Å².